The molecule has 0 bridgehead atoms. The van der Waals surface area contributed by atoms with E-state index < -0.39 is 0 Å². The molecule has 0 saturated heterocycles. The first kappa shape index (κ1) is 14.2. The van der Waals surface area contributed by atoms with E-state index in [1.165, 1.54) is 12.0 Å². The Hall–Kier alpha value is -0.850. The molecule has 0 heterocycles. The summed E-state index contributed by atoms with van der Waals surface area (Å²) in [6.45, 7) is 12.5. The summed E-state index contributed by atoms with van der Waals surface area (Å²) in [5.74, 6) is 0.778. The first-order valence-electron chi connectivity index (χ1n) is 6.55. The van der Waals surface area contributed by atoms with Crippen LogP contribution in [0.2, 0.25) is 0 Å². The summed E-state index contributed by atoms with van der Waals surface area (Å²) in [5, 5.41) is 0. The molecule has 1 aliphatic rings. The molecule has 0 amide bonds. The van der Waals surface area contributed by atoms with Gasteiger partial charge in [-0.15, -0.1) is 0 Å². The Balaban J connectivity index is 2.86. The second kappa shape index (κ2) is 4.80. The third kappa shape index (κ3) is 3.08. The van der Waals surface area contributed by atoms with Gasteiger partial charge in [0.2, 0.25) is 0 Å². The zero-order valence-electron chi connectivity index (χ0n) is 12.1. The standard InChI is InChI=1S/C16H26O/c1-12-8-7-9-14(16(12,5)6)10-11-15(3,4)13(2)17/h8,10-11,14H,7,9H2,1-6H3/b11-10+. The fourth-order valence-electron chi connectivity index (χ4n) is 2.21. The van der Waals surface area contributed by atoms with Crippen LogP contribution in [0.25, 0.3) is 0 Å². The lowest BCUT2D eigenvalue weighted by Gasteiger charge is -2.37. The van der Waals surface area contributed by atoms with Crippen molar-refractivity contribution in [2.45, 2.75) is 54.4 Å². The van der Waals surface area contributed by atoms with Gasteiger partial charge >= 0.3 is 0 Å². The van der Waals surface area contributed by atoms with Gasteiger partial charge in [-0.1, -0.05) is 37.6 Å². The largest absolute Gasteiger partial charge is 0.299 e. The van der Waals surface area contributed by atoms with E-state index in [2.05, 4.69) is 39.0 Å². The molecule has 1 unspecified atom stereocenters. The molecule has 1 rings (SSSR count). The summed E-state index contributed by atoms with van der Waals surface area (Å²) in [5.41, 5.74) is 1.37. The van der Waals surface area contributed by atoms with Gasteiger partial charge in [0.15, 0.2) is 0 Å². The predicted molar refractivity (Wildman–Crippen MR) is 73.9 cm³/mol. The van der Waals surface area contributed by atoms with Crippen LogP contribution in [0, 0.1) is 16.7 Å². The Morgan fingerprint density at radius 1 is 1.47 bits per heavy atom. The van der Waals surface area contributed by atoms with E-state index in [9.17, 15) is 4.79 Å². The third-order valence-corrected chi connectivity index (χ3v) is 4.52. The Morgan fingerprint density at radius 3 is 2.59 bits per heavy atom. The predicted octanol–water partition coefficient (Wildman–Crippen LogP) is 4.54. The molecule has 0 radical (unpaired) electrons. The molecule has 1 heteroatoms. The van der Waals surface area contributed by atoms with Crippen LogP contribution in [0.15, 0.2) is 23.8 Å². The molecule has 0 aliphatic heterocycles. The van der Waals surface area contributed by atoms with Gasteiger partial charge in [-0.25, -0.2) is 0 Å². The van der Waals surface area contributed by atoms with E-state index in [-0.39, 0.29) is 16.6 Å². The van der Waals surface area contributed by atoms with Gasteiger partial charge in [0, 0.05) is 5.41 Å². The van der Waals surface area contributed by atoms with Crippen LogP contribution in [-0.4, -0.2) is 5.78 Å². The van der Waals surface area contributed by atoms with Gasteiger partial charge in [0.25, 0.3) is 0 Å². The molecule has 17 heavy (non-hydrogen) atoms. The molecule has 0 aromatic carbocycles. The first-order valence-corrected chi connectivity index (χ1v) is 6.55. The maximum atomic E-state index is 11.5. The minimum atomic E-state index is -0.328. The number of carbonyl (C=O) groups is 1. The molecule has 0 saturated carbocycles. The number of hydrogen-bond donors (Lipinski definition) is 0. The van der Waals surface area contributed by atoms with E-state index in [1.807, 2.05) is 13.8 Å². The van der Waals surface area contributed by atoms with Gasteiger partial charge in [-0.2, -0.15) is 0 Å². The fourth-order valence-corrected chi connectivity index (χ4v) is 2.21. The van der Waals surface area contributed by atoms with Crippen LogP contribution in [0.1, 0.15) is 54.4 Å². The molecule has 96 valence electrons. The number of Topliss-reactive ketones (excluding diaryl/α,β-unsaturated/α-hetero) is 1. The van der Waals surface area contributed by atoms with E-state index in [4.69, 9.17) is 0 Å². The van der Waals surface area contributed by atoms with Crippen molar-refractivity contribution in [2.75, 3.05) is 0 Å². The van der Waals surface area contributed by atoms with Crippen molar-refractivity contribution in [3.63, 3.8) is 0 Å². The quantitative estimate of drug-likeness (QED) is 0.655. The third-order valence-electron chi connectivity index (χ3n) is 4.52. The van der Waals surface area contributed by atoms with Crippen molar-refractivity contribution < 1.29 is 4.79 Å². The fraction of sp³-hybridized carbons (Fsp3) is 0.688. The first-order chi connectivity index (χ1) is 7.68. The summed E-state index contributed by atoms with van der Waals surface area (Å²) in [6.07, 6.45) is 9.05. The number of ketones is 1. The van der Waals surface area contributed by atoms with Crippen LogP contribution >= 0.6 is 0 Å². The average molecular weight is 234 g/mol. The molecule has 1 aliphatic carbocycles. The lowest BCUT2D eigenvalue weighted by molar-refractivity contribution is -0.122. The number of rotatable bonds is 3. The second-order valence-electron chi connectivity index (χ2n) is 6.43. The van der Waals surface area contributed by atoms with E-state index >= 15 is 0 Å². The van der Waals surface area contributed by atoms with E-state index in [1.54, 1.807) is 6.92 Å². The molecular formula is C16H26O. The SMILES string of the molecule is CC(=O)C(C)(C)/C=C/C1CCC=C(C)C1(C)C. The minimum Gasteiger partial charge on any atom is -0.299 e. The normalized spacial score (nSPS) is 24.8. The molecule has 1 nitrogen and oxygen atoms in total. The highest BCUT2D eigenvalue weighted by molar-refractivity contribution is 5.83. The highest BCUT2D eigenvalue weighted by atomic mass is 16.1. The van der Waals surface area contributed by atoms with Gasteiger partial charge in [0.1, 0.15) is 5.78 Å². The van der Waals surface area contributed by atoms with E-state index in [0.29, 0.717) is 5.92 Å². The maximum absolute atomic E-state index is 11.5. The van der Waals surface area contributed by atoms with Crippen LogP contribution in [-0.2, 0) is 4.79 Å². The molecule has 0 aromatic heterocycles. The van der Waals surface area contributed by atoms with Crippen molar-refractivity contribution >= 4 is 5.78 Å². The molecular weight excluding hydrogens is 208 g/mol. The minimum absolute atomic E-state index is 0.224. The van der Waals surface area contributed by atoms with Gasteiger partial charge in [0.05, 0.1) is 0 Å². The smallest absolute Gasteiger partial charge is 0.139 e. The average Bonchev–Trinajstić information content (AvgIpc) is 2.20. The van der Waals surface area contributed by atoms with Gasteiger partial charge < -0.3 is 0 Å². The van der Waals surface area contributed by atoms with Crippen molar-refractivity contribution in [3.8, 4) is 0 Å². The second-order valence-corrected chi connectivity index (χ2v) is 6.43. The lowest BCUT2D eigenvalue weighted by Crippen LogP contribution is -2.27. The lowest BCUT2D eigenvalue weighted by atomic mass is 9.67. The topological polar surface area (TPSA) is 17.1 Å². The number of allylic oxidation sites excluding steroid dienone is 4. The van der Waals surface area contributed by atoms with Crippen molar-refractivity contribution in [1.29, 1.82) is 0 Å². The summed E-state index contributed by atoms with van der Waals surface area (Å²) in [4.78, 5) is 11.5. The van der Waals surface area contributed by atoms with Crippen molar-refractivity contribution in [3.05, 3.63) is 23.8 Å². The maximum Gasteiger partial charge on any atom is 0.139 e. The van der Waals surface area contributed by atoms with Crippen LogP contribution in [0.3, 0.4) is 0 Å². The zero-order valence-corrected chi connectivity index (χ0v) is 12.1. The number of hydrogen-bond acceptors (Lipinski definition) is 1. The van der Waals surface area contributed by atoms with Crippen molar-refractivity contribution in [2.24, 2.45) is 16.7 Å². The summed E-state index contributed by atoms with van der Waals surface area (Å²) in [6, 6.07) is 0. The molecule has 0 fully saturated rings. The van der Waals surface area contributed by atoms with Crippen LogP contribution < -0.4 is 0 Å². The Labute approximate surface area is 106 Å². The highest BCUT2D eigenvalue weighted by Crippen LogP contribution is 2.42. The Kier molecular flexibility index (Phi) is 4.01. The van der Waals surface area contributed by atoms with Crippen molar-refractivity contribution in [1.82, 2.24) is 0 Å². The Morgan fingerprint density at radius 2 is 2.06 bits per heavy atom. The van der Waals surface area contributed by atoms with E-state index in [0.717, 1.165) is 6.42 Å². The molecule has 0 aromatic rings. The monoisotopic (exact) mass is 234 g/mol. The van der Waals surface area contributed by atoms with Gasteiger partial charge in [-0.3, -0.25) is 4.79 Å². The Bertz CT molecular complexity index is 356. The highest BCUT2D eigenvalue weighted by Gasteiger charge is 2.32. The summed E-state index contributed by atoms with van der Waals surface area (Å²) >= 11 is 0. The van der Waals surface area contributed by atoms with Crippen LogP contribution in [0.5, 0.6) is 0 Å². The zero-order chi connectivity index (χ0) is 13.3. The van der Waals surface area contributed by atoms with Crippen LogP contribution in [0.4, 0.5) is 0 Å². The number of carbonyl (C=O) groups excluding carboxylic acids is 1. The summed E-state index contributed by atoms with van der Waals surface area (Å²) < 4.78 is 0. The molecule has 0 spiro atoms. The molecule has 0 N–H and O–H groups in total. The summed E-state index contributed by atoms with van der Waals surface area (Å²) in [7, 11) is 0. The molecule has 1 atom stereocenters. The van der Waals surface area contributed by atoms with Gasteiger partial charge in [-0.05, 0) is 51.9 Å².